The molecule has 0 spiro atoms. The lowest BCUT2D eigenvalue weighted by Gasteiger charge is -2.28. The van der Waals surface area contributed by atoms with E-state index in [-0.39, 0.29) is 36.6 Å². The topological polar surface area (TPSA) is 104 Å². The Bertz CT molecular complexity index is 1160. The summed E-state index contributed by atoms with van der Waals surface area (Å²) in [5.41, 5.74) is 8.32. The normalized spacial score (nSPS) is 18.7. The number of likely N-dealkylation sites (tertiary alicyclic amines) is 1. The number of fused-ring (bicyclic) bond motifs is 1. The van der Waals surface area contributed by atoms with Crippen molar-refractivity contribution in [1.29, 1.82) is 0 Å². The summed E-state index contributed by atoms with van der Waals surface area (Å²) in [4.78, 5) is 34.2. The average molecular weight is 547 g/mol. The third kappa shape index (κ3) is 6.34. The molecule has 0 saturated carbocycles. The van der Waals surface area contributed by atoms with Crippen LogP contribution in [0.2, 0.25) is 10.0 Å². The van der Waals surface area contributed by atoms with Gasteiger partial charge in [-0.2, -0.15) is 0 Å². The first-order valence-corrected chi connectivity index (χ1v) is 11.3. The van der Waals surface area contributed by atoms with Gasteiger partial charge in [0.15, 0.2) is 0 Å². The van der Waals surface area contributed by atoms with Crippen molar-refractivity contribution in [1.82, 2.24) is 20.2 Å². The number of rotatable bonds is 7. The first-order valence-electron chi connectivity index (χ1n) is 10.5. The molecule has 1 aromatic carbocycles. The van der Waals surface area contributed by atoms with E-state index in [1.807, 2.05) is 35.2 Å². The van der Waals surface area contributed by atoms with E-state index in [1.54, 1.807) is 19.3 Å². The van der Waals surface area contributed by atoms with Gasteiger partial charge in [0.05, 0.1) is 17.1 Å². The van der Waals surface area contributed by atoms with Crippen LogP contribution >= 0.6 is 48.0 Å². The predicted octanol–water partition coefficient (Wildman–Crippen LogP) is 4.14. The second-order valence-electron chi connectivity index (χ2n) is 8.32. The van der Waals surface area contributed by atoms with Gasteiger partial charge in [-0.3, -0.25) is 14.5 Å². The highest BCUT2D eigenvalue weighted by atomic mass is 35.5. The number of amides is 2. The first-order chi connectivity index (χ1) is 15.3. The van der Waals surface area contributed by atoms with Crippen LogP contribution in [0.3, 0.4) is 0 Å². The average Bonchev–Trinajstić information content (AvgIpc) is 3.35. The Labute approximate surface area is 220 Å². The Morgan fingerprint density at radius 2 is 2.03 bits per heavy atom. The second kappa shape index (κ2) is 12.1. The third-order valence-corrected chi connectivity index (χ3v) is 6.60. The molecule has 1 aliphatic rings. The van der Waals surface area contributed by atoms with E-state index < -0.39 is 18.0 Å². The van der Waals surface area contributed by atoms with Crippen molar-refractivity contribution in [3.05, 3.63) is 63.9 Å². The lowest BCUT2D eigenvalue weighted by Crippen LogP contribution is -2.51. The molecule has 3 aromatic rings. The number of primary amides is 1. The molecule has 3 atom stereocenters. The number of carbonyl (C=O) groups is 2. The molecule has 4 rings (SSSR count). The monoisotopic (exact) mass is 545 g/mol. The van der Waals surface area contributed by atoms with Gasteiger partial charge in [-0.25, -0.2) is 4.98 Å². The number of nitrogens with one attached hydrogen (secondary N) is 2. The smallest absolute Gasteiger partial charge is 0.237 e. The van der Waals surface area contributed by atoms with Crippen LogP contribution in [0.15, 0.2) is 42.7 Å². The third-order valence-electron chi connectivity index (χ3n) is 6.05. The van der Waals surface area contributed by atoms with E-state index >= 15 is 0 Å². The van der Waals surface area contributed by atoms with Crippen LogP contribution in [0.5, 0.6) is 0 Å². The molecule has 4 N–H and O–H groups in total. The highest BCUT2D eigenvalue weighted by Gasteiger charge is 2.40. The van der Waals surface area contributed by atoms with Gasteiger partial charge < -0.3 is 16.0 Å². The SMILES string of the molecule is C[C@@H](C(=O)NCc1cnc2[nH]cc(Cl)c2c1)N1CC(Cc2cccc(Cl)c2)CC1C(N)=O.Cl.Cl. The van der Waals surface area contributed by atoms with Gasteiger partial charge in [0.2, 0.25) is 11.8 Å². The summed E-state index contributed by atoms with van der Waals surface area (Å²) in [6.45, 7) is 2.73. The second-order valence-corrected chi connectivity index (χ2v) is 9.16. The number of pyridine rings is 1. The number of benzene rings is 1. The van der Waals surface area contributed by atoms with E-state index in [1.165, 1.54) is 0 Å². The number of H-pyrrole nitrogens is 1. The van der Waals surface area contributed by atoms with Gasteiger partial charge in [0, 0.05) is 35.9 Å². The molecule has 1 aliphatic heterocycles. The van der Waals surface area contributed by atoms with Crippen LogP contribution in [0.4, 0.5) is 0 Å². The van der Waals surface area contributed by atoms with Crippen molar-refractivity contribution in [2.45, 2.75) is 38.4 Å². The Kier molecular flexibility index (Phi) is 10.0. The van der Waals surface area contributed by atoms with Gasteiger partial charge >= 0.3 is 0 Å². The molecule has 1 saturated heterocycles. The molecule has 34 heavy (non-hydrogen) atoms. The molecule has 3 heterocycles. The van der Waals surface area contributed by atoms with Crippen molar-refractivity contribution in [3.63, 3.8) is 0 Å². The minimum absolute atomic E-state index is 0. The predicted molar refractivity (Wildman–Crippen MR) is 140 cm³/mol. The minimum atomic E-state index is -0.496. The maximum absolute atomic E-state index is 12.9. The highest BCUT2D eigenvalue weighted by molar-refractivity contribution is 6.35. The van der Waals surface area contributed by atoms with Gasteiger partial charge in [-0.05, 0) is 55.0 Å². The van der Waals surface area contributed by atoms with Crippen molar-refractivity contribution >= 4 is 70.9 Å². The first kappa shape index (κ1) is 28.2. The van der Waals surface area contributed by atoms with Crippen LogP contribution in [-0.2, 0) is 22.6 Å². The zero-order valence-electron chi connectivity index (χ0n) is 18.5. The van der Waals surface area contributed by atoms with E-state index in [9.17, 15) is 9.59 Å². The zero-order chi connectivity index (χ0) is 22.8. The van der Waals surface area contributed by atoms with Crippen molar-refractivity contribution < 1.29 is 9.59 Å². The van der Waals surface area contributed by atoms with Crippen LogP contribution in [0.1, 0.15) is 24.5 Å². The largest absolute Gasteiger partial charge is 0.368 e. The molecule has 2 aromatic heterocycles. The highest BCUT2D eigenvalue weighted by Crippen LogP contribution is 2.29. The Balaban J connectivity index is 0.00000204. The van der Waals surface area contributed by atoms with Crippen LogP contribution in [0.25, 0.3) is 11.0 Å². The molecule has 11 heteroatoms. The van der Waals surface area contributed by atoms with Gasteiger partial charge in [0.25, 0.3) is 0 Å². The van der Waals surface area contributed by atoms with E-state index in [4.69, 9.17) is 28.9 Å². The summed E-state index contributed by atoms with van der Waals surface area (Å²) >= 11 is 12.3. The van der Waals surface area contributed by atoms with Crippen molar-refractivity contribution in [3.8, 4) is 0 Å². The molecule has 0 bridgehead atoms. The van der Waals surface area contributed by atoms with Crippen LogP contribution in [0, 0.1) is 5.92 Å². The molecular weight excluding hydrogens is 520 g/mol. The Morgan fingerprint density at radius 1 is 1.26 bits per heavy atom. The van der Waals surface area contributed by atoms with Crippen molar-refractivity contribution in [2.75, 3.05) is 6.54 Å². The van der Waals surface area contributed by atoms with Crippen molar-refractivity contribution in [2.24, 2.45) is 11.7 Å². The fraction of sp³-hybridized carbons (Fsp3) is 0.348. The number of nitrogens with two attached hydrogens (primary N) is 1. The number of aromatic nitrogens is 2. The molecule has 0 aliphatic carbocycles. The summed E-state index contributed by atoms with van der Waals surface area (Å²) < 4.78 is 0. The fourth-order valence-electron chi connectivity index (χ4n) is 4.40. The summed E-state index contributed by atoms with van der Waals surface area (Å²) in [5.74, 6) is -0.363. The Hall–Kier alpha value is -2.03. The molecule has 7 nitrogen and oxygen atoms in total. The number of carbonyl (C=O) groups excluding carboxylic acids is 2. The van der Waals surface area contributed by atoms with E-state index in [0.717, 1.165) is 22.9 Å². The molecule has 184 valence electrons. The number of aromatic amines is 1. The summed E-state index contributed by atoms with van der Waals surface area (Å²) in [7, 11) is 0. The number of hydrogen-bond acceptors (Lipinski definition) is 4. The number of hydrogen-bond donors (Lipinski definition) is 3. The van der Waals surface area contributed by atoms with E-state index in [2.05, 4.69) is 15.3 Å². The lowest BCUT2D eigenvalue weighted by molar-refractivity contribution is -0.129. The molecule has 2 unspecified atom stereocenters. The van der Waals surface area contributed by atoms with Gasteiger partial charge in [-0.1, -0.05) is 35.3 Å². The van der Waals surface area contributed by atoms with Gasteiger partial charge in [0.1, 0.15) is 5.65 Å². The molecule has 0 radical (unpaired) electrons. The standard InChI is InChI=1S/C23H25Cl2N5O2.2ClH/c1-13(23(32)29-10-16-7-18-19(25)11-28-22(18)27-9-16)30-12-15(8-20(30)21(26)31)5-14-3-2-4-17(24)6-14;;/h2-4,6-7,9,11,13,15,20H,5,8,10,12H2,1H3,(H2,26,31)(H,27,28)(H,29,32);2*1H/t13-,15?,20?;;/m0../s1. The number of halogens is 4. The maximum Gasteiger partial charge on any atom is 0.237 e. The Morgan fingerprint density at radius 3 is 2.74 bits per heavy atom. The summed E-state index contributed by atoms with van der Waals surface area (Å²) in [5, 5.41) is 5.02. The number of nitrogens with zero attached hydrogens (tertiary/aromatic N) is 2. The van der Waals surface area contributed by atoms with Crippen LogP contribution in [-0.4, -0.2) is 45.3 Å². The molecular formula is C23H27Cl4N5O2. The fourth-order valence-corrected chi connectivity index (χ4v) is 4.81. The quantitative estimate of drug-likeness (QED) is 0.414. The lowest BCUT2D eigenvalue weighted by atomic mass is 9.96. The summed E-state index contributed by atoms with van der Waals surface area (Å²) in [6, 6.07) is 8.63. The molecule has 2 amide bonds. The minimum Gasteiger partial charge on any atom is -0.368 e. The summed E-state index contributed by atoms with van der Waals surface area (Å²) in [6.07, 6.45) is 4.77. The van der Waals surface area contributed by atoms with Crippen LogP contribution < -0.4 is 11.1 Å². The molecule has 1 fully saturated rings. The van der Waals surface area contributed by atoms with Gasteiger partial charge in [-0.15, -0.1) is 24.8 Å². The van der Waals surface area contributed by atoms with E-state index in [0.29, 0.717) is 35.2 Å². The zero-order valence-corrected chi connectivity index (χ0v) is 21.6. The maximum atomic E-state index is 12.9.